The van der Waals surface area contributed by atoms with E-state index in [-0.39, 0.29) is 12.6 Å². The number of ether oxygens (including phenoxy) is 1. The molecule has 2 atom stereocenters. The molecule has 1 heterocycles. The van der Waals surface area contributed by atoms with Crippen LogP contribution in [0.1, 0.15) is 37.7 Å². The van der Waals surface area contributed by atoms with Gasteiger partial charge < -0.3 is 10.1 Å². The Morgan fingerprint density at radius 3 is 2.50 bits per heavy atom. The van der Waals surface area contributed by atoms with E-state index in [1.165, 1.54) is 6.07 Å². The first-order valence-electron chi connectivity index (χ1n) is 10.1. The van der Waals surface area contributed by atoms with Crippen LogP contribution in [-0.4, -0.2) is 55.8 Å². The molecule has 174 valence electrons. The van der Waals surface area contributed by atoms with Crippen molar-refractivity contribution in [1.29, 1.82) is 5.26 Å². The number of sulfone groups is 1. The fraction of sp³-hybridized carbons (Fsp3) is 0.550. The maximum atomic E-state index is 13.4. The minimum Gasteiger partial charge on any atom is -0.446 e. The molecule has 2 fully saturated rings. The summed E-state index contributed by atoms with van der Waals surface area (Å²) in [6.45, 7) is -0.861. The van der Waals surface area contributed by atoms with E-state index in [9.17, 15) is 31.2 Å². The maximum Gasteiger partial charge on any atom is 0.417 e. The van der Waals surface area contributed by atoms with E-state index in [1.807, 2.05) is 0 Å². The molecular formula is C20H22F3N3O5S. The summed E-state index contributed by atoms with van der Waals surface area (Å²) in [5.41, 5.74) is -1.31. The topological polar surface area (TPSA) is 117 Å². The summed E-state index contributed by atoms with van der Waals surface area (Å²) < 4.78 is 71.9. The molecule has 1 saturated heterocycles. The summed E-state index contributed by atoms with van der Waals surface area (Å²) in [5, 5.41) is 9.52. The number of hydrogen-bond acceptors (Lipinski definition) is 6. The van der Waals surface area contributed by atoms with E-state index in [2.05, 4.69) is 5.32 Å². The van der Waals surface area contributed by atoms with Crippen molar-refractivity contribution in [3.63, 3.8) is 0 Å². The van der Waals surface area contributed by atoms with Gasteiger partial charge in [0.15, 0.2) is 9.84 Å². The highest BCUT2D eigenvalue weighted by Crippen LogP contribution is 2.37. The van der Waals surface area contributed by atoms with Crippen LogP contribution >= 0.6 is 0 Å². The lowest BCUT2D eigenvalue weighted by Crippen LogP contribution is -2.46. The van der Waals surface area contributed by atoms with Crippen molar-refractivity contribution in [2.75, 3.05) is 13.1 Å². The van der Waals surface area contributed by atoms with Crippen molar-refractivity contribution in [3.05, 3.63) is 29.8 Å². The molecular weight excluding hydrogens is 451 g/mol. The summed E-state index contributed by atoms with van der Waals surface area (Å²) in [6.07, 6.45) is -3.53. The van der Waals surface area contributed by atoms with Crippen LogP contribution in [0.25, 0.3) is 0 Å². The van der Waals surface area contributed by atoms with Gasteiger partial charge >= 0.3 is 12.3 Å². The van der Waals surface area contributed by atoms with Crippen LogP contribution in [0.2, 0.25) is 0 Å². The fourth-order valence-electron chi connectivity index (χ4n) is 4.06. The van der Waals surface area contributed by atoms with Crippen molar-refractivity contribution in [2.45, 2.75) is 60.6 Å². The zero-order chi connectivity index (χ0) is 23.5. The van der Waals surface area contributed by atoms with Gasteiger partial charge in [-0.05, 0) is 44.2 Å². The van der Waals surface area contributed by atoms with Gasteiger partial charge in [0.1, 0.15) is 18.7 Å². The lowest BCUT2D eigenvalue weighted by atomic mass is 10.2. The van der Waals surface area contributed by atoms with Gasteiger partial charge in [-0.1, -0.05) is 12.1 Å². The number of nitrogens with zero attached hydrogens (tertiary/aromatic N) is 2. The first kappa shape index (κ1) is 23.8. The largest absolute Gasteiger partial charge is 0.446 e. The SMILES string of the molecule is N#CCNC(=O)C1CC(S(=O)(=O)c2ccccc2C(F)(F)F)CN1C(=O)OC1CCCC1. The molecule has 8 nitrogen and oxygen atoms in total. The fourth-order valence-corrected chi connectivity index (χ4v) is 5.97. The number of hydrogen-bond donors (Lipinski definition) is 1. The molecule has 1 aromatic carbocycles. The highest BCUT2D eigenvalue weighted by molar-refractivity contribution is 7.92. The number of carbonyl (C=O) groups is 2. The molecule has 12 heteroatoms. The van der Waals surface area contributed by atoms with Gasteiger partial charge in [-0.2, -0.15) is 18.4 Å². The van der Waals surface area contributed by atoms with Gasteiger partial charge in [0.05, 0.1) is 21.8 Å². The van der Waals surface area contributed by atoms with Crippen LogP contribution in [0, 0.1) is 11.3 Å². The Morgan fingerprint density at radius 2 is 1.88 bits per heavy atom. The standard InChI is InChI=1S/C20H22F3N3O5S/c21-20(22,23)15-7-3-4-8-17(15)32(29,30)14-11-16(18(27)25-10-9-24)26(12-14)19(28)31-13-5-1-2-6-13/h3-4,7-8,13-14,16H,1-2,5-6,10-12H2,(H,25,27). The van der Waals surface area contributed by atoms with E-state index in [4.69, 9.17) is 10.00 Å². The van der Waals surface area contributed by atoms with Crippen LogP contribution in [0.5, 0.6) is 0 Å². The number of amides is 2. The lowest BCUT2D eigenvalue weighted by Gasteiger charge is -2.24. The minimum atomic E-state index is -4.90. The second-order valence-corrected chi connectivity index (χ2v) is 9.93. The van der Waals surface area contributed by atoms with Crippen LogP contribution in [0.4, 0.5) is 18.0 Å². The molecule has 1 saturated carbocycles. The first-order valence-corrected chi connectivity index (χ1v) is 11.6. The summed E-state index contributed by atoms with van der Waals surface area (Å²) in [7, 11) is -4.55. The number of nitriles is 1. The predicted octanol–water partition coefficient (Wildman–Crippen LogP) is 2.64. The summed E-state index contributed by atoms with van der Waals surface area (Å²) in [6, 6.07) is 4.22. The van der Waals surface area contributed by atoms with Crippen molar-refractivity contribution >= 4 is 21.8 Å². The summed E-state index contributed by atoms with van der Waals surface area (Å²) >= 11 is 0. The van der Waals surface area contributed by atoms with Crippen LogP contribution in [0.3, 0.4) is 0 Å². The molecule has 0 aromatic heterocycles. The Labute approximate surface area is 183 Å². The van der Waals surface area contributed by atoms with Gasteiger partial charge in [-0.3, -0.25) is 9.69 Å². The molecule has 0 spiro atoms. The zero-order valence-electron chi connectivity index (χ0n) is 17.0. The lowest BCUT2D eigenvalue weighted by molar-refractivity contribution is -0.139. The van der Waals surface area contributed by atoms with E-state index < -0.39 is 62.7 Å². The Morgan fingerprint density at radius 1 is 1.22 bits per heavy atom. The van der Waals surface area contributed by atoms with Crippen molar-refractivity contribution < 1.29 is 35.9 Å². The Kier molecular flexibility index (Phi) is 6.97. The number of halogens is 3. The first-order chi connectivity index (χ1) is 15.1. The maximum absolute atomic E-state index is 13.4. The molecule has 32 heavy (non-hydrogen) atoms. The van der Waals surface area contributed by atoms with E-state index in [0.717, 1.165) is 29.9 Å². The third kappa shape index (κ3) is 4.98. The number of alkyl halides is 3. The van der Waals surface area contributed by atoms with Crippen molar-refractivity contribution in [1.82, 2.24) is 10.2 Å². The molecule has 3 rings (SSSR count). The Bertz CT molecular complexity index is 1020. The molecule has 1 aliphatic carbocycles. The smallest absolute Gasteiger partial charge is 0.417 e. The predicted molar refractivity (Wildman–Crippen MR) is 105 cm³/mol. The van der Waals surface area contributed by atoms with Crippen molar-refractivity contribution in [3.8, 4) is 6.07 Å². The Hall–Kier alpha value is -2.81. The highest BCUT2D eigenvalue weighted by Gasteiger charge is 2.48. The number of rotatable bonds is 5. The average Bonchev–Trinajstić information content (AvgIpc) is 3.41. The van der Waals surface area contributed by atoms with Crippen LogP contribution in [0.15, 0.2) is 29.2 Å². The number of likely N-dealkylation sites (tertiary alicyclic amines) is 1. The Balaban J connectivity index is 1.90. The van der Waals surface area contributed by atoms with E-state index >= 15 is 0 Å². The summed E-state index contributed by atoms with van der Waals surface area (Å²) in [4.78, 5) is 25.2. The van der Waals surface area contributed by atoms with Gasteiger partial charge in [0, 0.05) is 6.54 Å². The molecule has 2 unspecified atom stereocenters. The van der Waals surface area contributed by atoms with Gasteiger partial charge in [0.25, 0.3) is 0 Å². The molecule has 2 amide bonds. The molecule has 1 aliphatic heterocycles. The van der Waals surface area contributed by atoms with Crippen LogP contribution < -0.4 is 5.32 Å². The van der Waals surface area contributed by atoms with E-state index in [0.29, 0.717) is 18.9 Å². The number of nitrogens with one attached hydrogen (secondary N) is 1. The summed E-state index contributed by atoms with van der Waals surface area (Å²) in [5.74, 6) is -0.767. The van der Waals surface area contributed by atoms with Crippen LogP contribution in [-0.2, 0) is 25.5 Å². The van der Waals surface area contributed by atoms with Gasteiger partial charge in [-0.15, -0.1) is 0 Å². The number of carbonyl (C=O) groups excluding carboxylic acids is 2. The second kappa shape index (κ2) is 9.36. The quantitative estimate of drug-likeness (QED) is 0.658. The minimum absolute atomic E-state index is 0.355. The average molecular weight is 473 g/mol. The molecule has 0 radical (unpaired) electrons. The van der Waals surface area contributed by atoms with Gasteiger partial charge in [-0.25, -0.2) is 13.2 Å². The number of benzene rings is 1. The normalized spacial score (nSPS) is 21.9. The molecule has 1 aromatic rings. The molecule has 1 N–H and O–H groups in total. The highest BCUT2D eigenvalue weighted by atomic mass is 32.2. The molecule has 0 bridgehead atoms. The molecule has 2 aliphatic rings. The van der Waals surface area contributed by atoms with Crippen molar-refractivity contribution in [2.24, 2.45) is 0 Å². The zero-order valence-corrected chi connectivity index (χ0v) is 17.8. The second-order valence-electron chi connectivity index (χ2n) is 7.73. The van der Waals surface area contributed by atoms with Gasteiger partial charge in [0.2, 0.25) is 5.91 Å². The third-order valence-corrected chi connectivity index (χ3v) is 7.84. The monoisotopic (exact) mass is 473 g/mol. The van der Waals surface area contributed by atoms with E-state index in [1.54, 1.807) is 6.07 Å². The third-order valence-electron chi connectivity index (χ3n) is 5.65.